The molecule has 1 N–H and O–H groups in total. The quantitative estimate of drug-likeness (QED) is 0.906. The average Bonchev–Trinajstić information content (AvgIpc) is 3.05. The van der Waals surface area contributed by atoms with E-state index in [2.05, 4.69) is 9.71 Å². The fourth-order valence-corrected chi connectivity index (χ4v) is 3.71. The van der Waals surface area contributed by atoms with Crippen LogP contribution in [0.1, 0.15) is 37.9 Å². The third-order valence-corrected chi connectivity index (χ3v) is 5.44. The van der Waals surface area contributed by atoms with Gasteiger partial charge < -0.3 is 9.73 Å². The van der Waals surface area contributed by atoms with Crippen LogP contribution in [-0.2, 0) is 15.0 Å². The van der Waals surface area contributed by atoms with E-state index in [4.69, 9.17) is 4.42 Å². The summed E-state index contributed by atoms with van der Waals surface area (Å²) in [6, 6.07) is 3.34. The van der Waals surface area contributed by atoms with Crippen LogP contribution in [-0.4, -0.2) is 37.4 Å². The lowest BCUT2D eigenvalue weighted by Crippen LogP contribution is -2.43. The van der Waals surface area contributed by atoms with E-state index in [9.17, 15) is 13.2 Å². The molecule has 1 fully saturated rings. The first-order valence-corrected chi connectivity index (χ1v) is 9.02. The maximum atomic E-state index is 12.5. The van der Waals surface area contributed by atoms with Gasteiger partial charge in [-0.15, -0.1) is 4.40 Å². The smallest absolute Gasteiger partial charge is 0.345 e. The minimum absolute atomic E-state index is 0.0528. The number of rotatable bonds is 3. The molecule has 1 amide bonds. The first kappa shape index (κ1) is 15.8. The predicted octanol–water partition coefficient (Wildman–Crippen LogP) is 1.59. The molecule has 1 aromatic rings. The van der Waals surface area contributed by atoms with Gasteiger partial charge in [0.15, 0.2) is 5.76 Å². The molecule has 0 bridgehead atoms. The van der Waals surface area contributed by atoms with Gasteiger partial charge in [-0.3, -0.25) is 4.79 Å². The number of allylic oxidation sites excluding steroid dienone is 1. The summed E-state index contributed by atoms with van der Waals surface area (Å²) < 4.78 is 34.1. The molecule has 0 radical (unpaired) electrons. The van der Waals surface area contributed by atoms with E-state index < -0.39 is 16.1 Å². The van der Waals surface area contributed by atoms with Crippen LogP contribution in [0.15, 0.2) is 39.0 Å². The first-order valence-electron chi connectivity index (χ1n) is 7.62. The lowest BCUT2D eigenvalue weighted by atomic mass is 9.95. The van der Waals surface area contributed by atoms with Crippen LogP contribution in [0.3, 0.4) is 0 Å². The Kier molecular flexibility index (Phi) is 4.25. The summed E-state index contributed by atoms with van der Waals surface area (Å²) in [6.45, 7) is 0. The zero-order valence-corrected chi connectivity index (χ0v) is 13.7. The highest BCUT2D eigenvalue weighted by molar-refractivity contribution is 7.88. The van der Waals surface area contributed by atoms with Crippen molar-refractivity contribution >= 4 is 21.8 Å². The summed E-state index contributed by atoms with van der Waals surface area (Å²) in [7, 11) is -2.62. The second-order valence-electron chi connectivity index (χ2n) is 5.74. The number of nitrogens with one attached hydrogen (secondary N) is 1. The fraction of sp³-hybridized carbons (Fsp3) is 0.467. The number of hydrogen-bond donors (Lipinski definition) is 1. The Morgan fingerprint density at radius 2 is 2.09 bits per heavy atom. The van der Waals surface area contributed by atoms with E-state index in [0.29, 0.717) is 5.76 Å². The molecule has 3 rings (SSSR count). The number of likely N-dealkylation sites (N-methyl/N-ethyl adjacent to an activating group) is 1. The Hall–Kier alpha value is -2.09. The van der Waals surface area contributed by atoms with Crippen LogP contribution >= 0.6 is 0 Å². The minimum Gasteiger partial charge on any atom is -0.463 e. The molecule has 8 heteroatoms. The van der Waals surface area contributed by atoms with Gasteiger partial charge in [-0.2, -0.15) is 8.42 Å². The predicted molar refractivity (Wildman–Crippen MR) is 85.0 cm³/mol. The highest BCUT2D eigenvalue weighted by Gasteiger charge is 2.31. The van der Waals surface area contributed by atoms with Crippen molar-refractivity contribution in [2.24, 2.45) is 4.40 Å². The standard InChI is InChI=1S/C15H19N3O4S/c1-18-13(15(19)16-11-6-3-2-4-7-11)10-12(17-23(18,20)21)14-8-5-9-22-14/h5,8-11H,2-4,6-7H2,1H3,(H,16,19). The van der Waals surface area contributed by atoms with Crippen molar-refractivity contribution in [2.45, 2.75) is 38.1 Å². The van der Waals surface area contributed by atoms with Crippen molar-refractivity contribution in [1.29, 1.82) is 0 Å². The molecule has 2 aliphatic rings. The Morgan fingerprint density at radius 3 is 2.74 bits per heavy atom. The van der Waals surface area contributed by atoms with E-state index in [-0.39, 0.29) is 17.5 Å². The van der Waals surface area contributed by atoms with E-state index in [1.54, 1.807) is 12.1 Å². The summed E-state index contributed by atoms with van der Waals surface area (Å²) in [5.74, 6) is -0.0911. The van der Waals surface area contributed by atoms with Gasteiger partial charge in [-0.25, -0.2) is 4.31 Å². The third-order valence-electron chi connectivity index (χ3n) is 4.12. The van der Waals surface area contributed by atoms with E-state index in [1.807, 2.05) is 0 Å². The molecule has 1 aromatic heterocycles. The summed E-state index contributed by atoms with van der Waals surface area (Å²) in [6.07, 6.45) is 8.06. The topological polar surface area (TPSA) is 92.0 Å². The molecule has 2 heterocycles. The maximum absolute atomic E-state index is 12.5. The van der Waals surface area contributed by atoms with Gasteiger partial charge in [0.1, 0.15) is 11.4 Å². The Balaban J connectivity index is 1.86. The number of carbonyl (C=O) groups is 1. The molecule has 0 saturated heterocycles. The van der Waals surface area contributed by atoms with E-state index in [1.165, 1.54) is 25.8 Å². The van der Waals surface area contributed by atoms with Crippen molar-refractivity contribution in [3.63, 3.8) is 0 Å². The van der Waals surface area contributed by atoms with Crippen LogP contribution in [0, 0.1) is 0 Å². The molecule has 1 saturated carbocycles. The monoisotopic (exact) mass is 337 g/mol. The van der Waals surface area contributed by atoms with Crippen LogP contribution < -0.4 is 5.32 Å². The number of hydrogen-bond acceptors (Lipinski definition) is 4. The van der Waals surface area contributed by atoms with Crippen molar-refractivity contribution in [3.05, 3.63) is 35.9 Å². The second kappa shape index (κ2) is 6.19. The molecular weight excluding hydrogens is 318 g/mol. The zero-order chi connectivity index (χ0) is 16.4. The van der Waals surface area contributed by atoms with Crippen LogP contribution in [0.5, 0.6) is 0 Å². The zero-order valence-electron chi connectivity index (χ0n) is 12.9. The normalized spacial score (nSPS) is 21.5. The van der Waals surface area contributed by atoms with E-state index in [0.717, 1.165) is 30.0 Å². The fourth-order valence-electron chi connectivity index (χ4n) is 2.81. The van der Waals surface area contributed by atoms with Crippen LogP contribution in [0.2, 0.25) is 0 Å². The van der Waals surface area contributed by atoms with Gasteiger partial charge in [0.2, 0.25) is 0 Å². The molecule has 7 nitrogen and oxygen atoms in total. The number of amides is 1. The highest BCUT2D eigenvalue weighted by Crippen LogP contribution is 2.22. The average molecular weight is 337 g/mol. The molecule has 0 spiro atoms. The molecule has 23 heavy (non-hydrogen) atoms. The lowest BCUT2D eigenvalue weighted by molar-refractivity contribution is -0.119. The largest absolute Gasteiger partial charge is 0.463 e. The van der Waals surface area contributed by atoms with Gasteiger partial charge in [0.05, 0.1) is 6.26 Å². The Bertz CT molecular complexity index is 744. The molecule has 124 valence electrons. The van der Waals surface area contributed by atoms with Crippen LogP contribution in [0.4, 0.5) is 0 Å². The number of carbonyl (C=O) groups excluding carboxylic acids is 1. The molecule has 0 atom stereocenters. The van der Waals surface area contributed by atoms with E-state index >= 15 is 0 Å². The highest BCUT2D eigenvalue weighted by atomic mass is 32.2. The molecule has 1 aliphatic carbocycles. The number of furan rings is 1. The van der Waals surface area contributed by atoms with Gasteiger partial charge in [0, 0.05) is 13.1 Å². The van der Waals surface area contributed by atoms with Gasteiger partial charge in [-0.1, -0.05) is 19.3 Å². The molecule has 0 unspecified atom stereocenters. The number of nitrogens with zero attached hydrogens (tertiary/aromatic N) is 2. The maximum Gasteiger partial charge on any atom is 0.345 e. The summed E-state index contributed by atoms with van der Waals surface area (Å²) in [4.78, 5) is 12.5. The summed E-state index contributed by atoms with van der Waals surface area (Å²) in [5, 5.41) is 2.92. The second-order valence-corrected chi connectivity index (χ2v) is 7.36. The van der Waals surface area contributed by atoms with Crippen molar-refractivity contribution in [2.75, 3.05) is 7.05 Å². The molecule has 1 aliphatic heterocycles. The molecule has 0 aromatic carbocycles. The third kappa shape index (κ3) is 3.31. The van der Waals surface area contributed by atoms with Crippen molar-refractivity contribution < 1.29 is 17.6 Å². The summed E-state index contributed by atoms with van der Waals surface area (Å²) in [5.41, 5.74) is 0.180. The first-order chi connectivity index (χ1) is 11.0. The van der Waals surface area contributed by atoms with Crippen LogP contribution in [0.25, 0.3) is 0 Å². The van der Waals surface area contributed by atoms with Crippen molar-refractivity contribution in [3.8, 4) is 0 Å². The van der Waals surface area contributed by atoms with Gasteiger partial charge in [-0.05, 0) is 31.1 Å². The summed E-state index contributed by atoms with van der Waals surface area (Å²) >= 11 is 0. The Labute approximate surface area is 135 Å². The SMILES string of the molecule is CN1C(C(=O)NC2CCCCC2)=CC(c2ccco2)=NS1(=O)=O. The lowest BCUT2D eigenvalue weighted by Gasteiger charge is -2.27. The van der Waals surface area contributed by atoms with Gasteiger partial charge in [0.25, 0.3) is 5.91 Å². The van der Waals surface area contributed by atoms with Gasteiger partial charge >= 0.3 is 10.2 Å². The Morgan fingerprint density at radius 1 is 1.35 bits per heavy atom. The minimum atomic E-state index is -3.94. The molecular formula is C15H19N3O4S. The van der Waals surface area contributed by atoms with Crippen molar-refractivity contribution in [1.82, 2.24) is 9.62 Å².